The van der Waals surface area contributed by atoms with Crippen molar-refractivity contribution in [2.75, 3.05) is 26.2 Å². The van der Waals surface area contributed by atoms with Crippen molar-refractivity contribution < 1.29 is 13.2 Å². The van der Waals surface area contributed by atoms with Crippen molar-refractivity contribution in [3.63, 3.8) is 0 Å². The van der Waals surface area contributed by atoms with Crippen LogP contribution in [0.4, 0.5) is 13.2 Å². The van der Waals surface area contributed by atoms with E-state index in [1.54, 1.807) is 24.3 Å². The maximum atomic E-state index is 13.6. The standard InChI is InChI=1S/C15H16F3N3.2ClH/c16-15(17,18)14(21-9-7-19-8-10-21)12-5-6-20-13-4-2-1-3-11(12)13;;/h1-6,14,19H,7-10H2;2*1H/t14-;;/m0../s1. The molecule has 0 spiro atoms. The number of para-hydroxylation sites is 1. The lowest BCUT2D eigenvalue weighted by molar-refractivity contribution is -0.187. The number of rotatable bonds is 2. The quantitative estimate of drug-likeness (QED) is 0.878. The van der Waals surface area contributed by atoms with E-state index < -0.39 is 12.2 Å². The van der Waals surface area contributed by atoms with Crippen LogP contribution in [0.3, 0.4) is 0 Å². The average molecular weight is 368 g/mol. The molecule has 1 aromatic carbocycles. The number of nitrogens with one attached hydrogen (secondary N) is 1. The van der Waals surface area contributed by atoms with Crippen LogP contribution < -0.4 is 5.32 Å². The van der Waals surface area contributed by atoms with E-state index in [0.717, 1.165) is 0 Å². The average Bonchev–Trinajstić information content (AvgIpc) is 2.47. The van der Waals surface area contributed by atoms with Gasteiger partial charge in [0.15, 0.2) is 0 Å². The minimum absolute atomic E-state index is 0. The number of nitrogens with zero attached hydrogens (tertiary/aromatic N) is 2. The summed E-state index contributed by atoms with van der Waals surface area (Å²) in [5, 5.41) is 3.66. The molecule has 0 radical (unpaired) electrons. The van der Waals surface area contributed by atoms with Crippen molar-refractivity contribution in [2.24, 2.45) is 0 Å². The van der Waals surface area contributed by atoms with E-state index in [2.05, 4.69) is 10.3 Å². The zero-order chi connectivity index (χ0) is 14.9. The van der Waals surface area contributed by atoms with E-state index in [0.29, 0.717) is 37.1 Å². The normalized spacial score (nSPS) is 17.2. The molecule has 0 unspecified atom stereocenters. The summed E-state index contributed by atoms with van der Waals surface area (Å²) >= 11 is 0. The molecule has 1 aliphatic rings. The van der Waals surface area contributed by atoms with E-state index >= 15 is 0 Å². The third-order valence-electron chi connectivity index (χ3n) is 3.80. The summed E-state index contributed by atoms with van der Waals surface area (Å²) in [4.78, 5) is 5.65. The van der Waals surface area contributed by atoms with Crippen molar-refractivity contribution in [3.05, 3.63) is 42.1 Å². The van der Waals surface area contributed by atoms with Gasteiger partial charge in [0, 0.05) is 37.8 Å². The maximum absolute atomic E-state index is 13.6. The van der Waals surface area contributed by atoms with Crippen molar-refractivity contribution in [1.29, 1.82) is 0 Å². The molecule has 128 valence electrons. The Morgan fingerprint density at radius 1 is 1.04 bits per heavy atom. The summed E-state index contributed by atoms with van der Waals surface area (Å²) in [5.41, 5.74) is 0.884. The Bertz CT molecular complexity index is 625. The Balaban J connectivity index is 0.00000132. The Kier molecular flexibility index (Phi) is 7.07. The van der Waals surface area contributed by atoms with Gasteiger partial charge in [-0.1, -0.05) is 18.2 Å². The van der Waals surface area contributed by atoms with Gasteiger partial charge in [-0.05, 0) is 17.7 Å². The highest BCUT2D eigenvalue weighted by atomic mass is 35.5. The molecule has 23 heavy (non-hydrogen) atoms. The monoisotopic (exact) mass is 367 g/mol. The Morgan fingerprint density at radius 3 is 2.35 bits per heavy atom. The molecule has 0 amide bonds. The van der Waals surface area contributed by atoms with Gasteiger partial charge in [-0.2, -0.15) is 13.2 Å². The maximum Gasteiger partial charge on any atom is 0.408 e. The van der Waals surface area contributed by atoms with Crippen LogP contribution in [-0.2, 0) is 0 Å². The highest BCUT2D eigenvalue weighted by Gasteiger charge is 2.45. The summed E-state index contributed by atoms with van der Waals surface area (Å²) in [6.45, 7) is 1.94. The molecule has 1 atom stereocenters. The fraction of sp³-hybridized carbons (Fsp3) is 0.400. The number of benzene rings is 1. The highest BCUT2D eigenvalue weighted by Crippen LogP contribution is 2.40. The van der Waals surface area contributed by atoms with Crippen molar-refractivity contribution in [1.82, 2.24) is 15.2 Å². The number of aromatic nitrogens is 1. The zero-order valence-electron chi connectivity index (χ0n) is 12.2. The van der Waals surface area contributed by atoms with Crippen LogP contribution >= 0.6 is 24.8 Å². The van der Waals surface area contributed by atoms with Gasteiger partial charge in [-0.15, -0.1) is 24.8 Å². The Labute approximate surface area is 145 Å². The SMILES string of the molecule is Cl.Cl.FC(F)(F)[C@H](c1ccnc2ccccc12)N1CCNCC1. The Hall–Kier alpha value is -1.08. The first-order valence-corrected chi connectivity index (χ1v) is 6.92. The van der Waals surface area contributed by atoms with E-state index in [1.165, 1.54) is 17.2 Å². The van der Waals surface area contributed by atoms with E-state index in [4.69, 9.17) is 0 Å². The summed E-state index contributed by atoms with van der Waals surface area (Å²) in [7, 11) is 0. The lowest BCUT2D eigenvalue weighted by atomic mass is 9.99. The van der Waals surface area contributed by atoms with Gasteiger partial charge < -0.3 is 5.32 Å². The number of alkyl halides is 3. The number of hydrogen-bond donors (Lipinski definition) is 1. The van der Waals surface area contributed by atoms with Crippen molar-refractivity contribution >= 4 is 35.7 Å². The minimum Gasteiger partial charge on any atom is -0.314 e. The summed E-state index contributed by atoms with van der Waals surface area (Å²) < 4.78 is 40.9. The van der Waals surface area contributed by atoms with Gasteiger partial charge in [0.25, 0.3) is 0 Å². The molecule has 3 rings (SSSR count). The van der Waals surface area contributed by atoms with Crippen molar-refractivity contribution in [2.45, 2.75) is 12.2 Å². The van der Waals surface area contributed by atoms with E-state index in [9.17, 15) is 13.2 Å². The second-order valence-electron chi connectivity index (χ2n) is 5.15. The number of piperazine rings is 1. The summed E-state index contributed by atoms with van der Waals surface area (Å²) in [5.74, 6) is 0. The number of hydrogen-bond acceptors (Lipinski definition) is 3. The molecular formula is C15H18Cl2F3N3. The molecule has 0 aliphatic carbocycles. The van der Waals surface area contributed by atoms with Crippen LogP contribution in [0.2, 0.25) is 0 Å². The van der Waals surface area contributed by atoms with Crippen LogP contribution in [0.15, 0.2) is 36.5 Å². The molecule has 1 aromatic heterocycles. The molecule has 8 heteroatoms. The number of halogens is 5. The largest absolute Gasteiger partial charge is 0.408 e. The molecule has 0 saturated carbocycles. The van der Waals surface area contributed by atoms with Crippen LogP contribution in [0.1, 0.15) is 11.6 Å². The topological polar surface area (TPSA) is 28.2 Å². The molecule has 1 N–H and O–H groups in total. The molecular weight excluding hydrogens is 350 g/mol. The van der Waals surface area contributed by atoms with Gasteiger partial charge in [0.2, 0.25) is 0 Å². The van der Waals surface area contributed by atoms with E-state index in [-0.39, 0.29) is 30.4 Å². The van der Waals surface area contributed by atoms with Gasteiger partial charge in [0.05, 0.1) is 5.52 Å². The van der Waals surface area contributed by atoms with Gasteiger partial charge >= 0.3 is 6.18 Å². The molecule has 3 nitrogen and oxygen atoms in total. The predicted octanol–water partition coefficient (Wildman–Crippen LogP) is 3.59. The minimum atomic E-state index is -4.30. The lowest BCUT2D eigenvalue weighted by Crippen LogP contribution is -2.49. The van der Waals surface area contributed by atoms with Crippen LogP contribution in [-0.4, -0.2) is 42.2 Å². The first kappa shape index (κ1) is 20.0. The molecule has 2 heterocycles. The smallest absolute Gasteiger partial charge is 0.314 e. The van der Waals surface area contributed by atoms with Crippen molar-refractivity contribution in [3.8, 4) is 0 Å². The first-order valence-electron chi connectivity index (χ1n) is 6.92. The zero-order valence-corrected chi connectivity index (χ0v) is 13.8. The second kappa shape index (κ2) is 8.15. The first-order chi connectivity index (χ1) is 10.1. The van der Waals surface area contributed by atoms with E-state index in [1.807, 2.05) is 0 Å². The van der Waals surface area contributed by atoms with Gasteiger partial charge in [-0.25, -0.2) is 0 Å². The molecule has 1 aliphatic heterocycles. The Morgan fingerprint density at radius 2 is 1.70 bits per heavy atom. The highest BCUT2D eigenvalue weighted by molar-refractivity contribution is 5.85. The summed E-state index contributed by atoms with van der Waals surface area (Å²) in [6.07, 6.45) is -2.85. The van der Waals surface area contributed by atoms with Gasteiger partial charge in [0.1, 0.15) is 6.04 Å². The third-order valence-corrected chi connectivity index (χ3v) is 3.80. The van der Waals surface area contributed by atoms with Crippen LogP contribution in [0, 0.1) is 0 Å². The number of pyridine rings is 1. The molecule has 1 fully saturated rings. The molecule has 0 bridgehead atoms. The van der Waals surface area contributed by atoms with Gasteiger partial charge in [-0.3, -0.25) is 9.88 Å². The predicted molar refractivity (Wildman–Crippen MR) is 89.5 cm³/mol. The number of fused-ring (bicyclic) bond motifs is 1. The molecule has 1 saturated heterocycles. The fourth-order valence-corrected chi connectivity index (χ4v) is 2.88. The van der Waals surface area contributed by atoms with Crippen LogP contribution in [0.25, 0.3) is 10.9 Å². The summed E-state index contributed by atoms with van der Waals surface area (Å²) in [6, 6.07) is 6.89. The molecule has 2 aromatic rings. The second-order valence-corrected chi connectivity index (χ2v) is 5.15. The lowest BCUT2D eigenvalue weighted by Gasteiger charge is -2.36. The third kappa shape index (κ3) is 4.26. The van der Waals surface area contributed by atoms with Crippen LogP contribution in [0.5, 0.6) is 0 Å². The fourth-order valence-electron chi connectivity index (χ4n) is 2.88.